The summed E-state index contributed by atoms with van der Waals surface area (Å²) in [6, 6.07) is 17.4. The van der Waals surface area contributed by atoms with E-state index in [1.54, 1.807) is 0 Å². The fourth-order valence-corrected chi connectivity index (χ4v) is 3.94. The van der Waals surface area contributed by atoms with Gasteiger partial charge in [-0.15, -0.1) is 0 Å². The summed E-state index contributed by atoms with van der Waals surface area (Å²) >= 11 is 5.58. The summed E-state index contributed by atoms with van der Waals surface area (Å²) in [5.74, 6) is 0. The lowest BCUT2D eigenvalue weighted by Crippen LogP contribution is -2.44. The molecular formula is C20H21N3S. The minimum absolute atomic E-state index is 0.127. The zero-order chi connectivity index (χ0) is 16.7. The predicted octanol–water partition coefficient (Wildman–Crippen LogP) is 3.93. The average molecular weight is 335 g/mol. The van der Waals surface area contributed by atoms with Crippen molar-refractivity contribution in [1.82, 2.24) is 15.2 Å². The Hall–Kier alpha value is -2.33. The van der Waals surface area contributed by atoms with Gasteiger partial charge in [-0.3, -0.25) is 0 Å². The molecule has 122 valence electrons. The number of aromatic amines is 1. The van der Waals surface area contributed by atoms with Gasteiger partial charge in [0.05, 0.1) is 6.04 Å². The summed E-state index contributed by atoms with van der Waals surface area (Å²) in [5.41, 5.74) is 6.47. The van der Waals surface area contributed by atoms with Crippen molar-refractivity contribution in [3.05, 3.63) is 70.9 Å². The molecule has 4 heteroatoms. The molecule has 24 heavy (non-hydrogen) atoms. The molecule has 2 N–H and O–H groups in total. The molecule has 2 aromatic carbocycles. The molecule has 0 aliphatic carbocycles. The number of thiocarbonyl (C=S) groups is 1. The first-order valence-electron chi connectivity index (χ1n) is 8.33. The number of nitrogens with one attached hydrogen (secondary N) is 2. The molecule has 0 fully saturated rings. The third-order valence-corrected chi connectivity index (χ3v) is 5.31. The Bertz CT molecular complexity index is 898. The highest BCUT2D eigenvalue weighted by molar-refractivity contribution is 7.80. The van der Waals surface area contributed by atoms with Gasteiger partial charge in [-0.25, -0.2) is 0 Å². The predicted molar refractivity (Wildman–Crippen MR) is 103 cm³/mol. The first kappa shape index (κ1) is 15.2. The van der Waals surface area contributed by atoms with E-state index < -0.39 is 0 Å². The Kier molecular flexibility index (Phi) is 3.77. The third-order valence-electron chi connectivity index (χ3n) is 4.87. The molecule has 1 aliphatic rings. The van der Waals surface area contributed by atoms with E-state index in [1.165, 1.54) is 33.3 Å². The van der Waals surface area contributed by atoms with E-state index in [-0.39, 0.29) is 6.04 Å². The highest BCUT2D eigenvalue weighted by atomic mass is 32.1. The number of benzene rings is 2. The quantitative estimate of drug-likeness (QED) is 0.661. The van der Waals surface area contributed by atoms with Crippen molar-refractivity contribution < 1.29 is 0 Å². The molecule has 3 nitrogen and oxygen atoms in total. The van der Waals surface area contributed by atoms with Crippen LogP contribution in [-0.2, 0) is 6.42 Å². The molecule has 1 unspecified atom stereocenters. The summed E-state index contributed by atoms with van der Waals surface area (Å²) < 4.78 is 0. The van der Waals surface area contributed by atoms with Gasteiger partial charge in [-0.05, 0) is 48.8 Å². The SMILES string of the molecule is CNC(=S)N1CCc2c([nH]c3ccc(C)cc23)C1c1ccccc1. The van der Waals surface area contributed by atoms with Crippen LogP contribution in [0.1, 0.15) is 28.4 Å². The van der Waals surface area contributed by atoms with E-state index >= 15 is 0 Å². The van der Waals surface area contributed by atoms with Crippen LogP contribution in [0.4, 0.5) is 0 Å². The summed E-state index contributed by atoms with van der Waals surface area (Å²) in [6.07, 6.45) is 1.00. The smallest absolute Gasteiger partial charge is 0.169 e. The number of H-pyrrole nitrogens is 1. The summed E-state index contributed by atoms with van der Waals surface area (Å²) in [7, 11) is 1.90. The van der Waals surface area contributed by atoms with E-state index in [0.29, 0.717) is 0 Å². The van der Waals surface area contributed by atoms with Gasteiger partial charge in [0.25, 0.3) is 0 Å². The van der Waals surface area contributed by atoms with Crippen molar-refractivity contribution in [2.75, 3.05) is 13.6 Å². The molecule has 0 amide bonds. The van der Waals surface area contributed by atoms with Crippen LogP contribution in [0.25, 0.3) is 10.9 Å². The monoisotopic (exact) mass is 335 g/mol. The summed E-state index contributed by atoms with van der Waals surface area (Å²) in [4.78, 5) is 5.96. The van der Waals surface area contributed by atoms with Crippen LogP contribution in [0.15, 0.2) is 48.5 Å². The fourth-order valence-electron chi connectivity index (χ4n) is 3.75. The molecule has 0 bridgehead atoms. The van der Waals surface area contributed by atoms with E-state index in [0.717, 1.165) is 18.1 Å². The highest BCUT2D eigenvalue weighted by Crippen LogP contribution is 2.38. The molecule has 1 aliphatic heterocycles. The first-order valence-corrected chi connectivity index (χ1v) is 8.74. The minimum atomic E-state index is 0.127. The zero-order valence-corrected chi connectivity index (χ0v) is 14.8. The molecule has 0 spiro atoms. The molecular weight excluding hydrogens is 314 g/mol. The molecule has 3 aromatic rings. The Morgan fingerprint density at radius 2 is 2.00 bits per heavy atom. The van der Waals surface area contributed by atoms with Crippen LogP contribution in [0.2, 0.25) is 0 Å². The van der Waals surface area contributed by atoms with Gasteiger partial charge in [-0.2, -0.15) is 0 Å². The average Bonchev–Trinajstić information content (AvgIpc) is 2.98. The Labute approximate surface area is 147 Å². The maximum atomic E-state index is 5.58. The van der Waals surface area contributed by atoms with E-state index in [1.807, 2.05) is 7.05 Å². The van der Waals surface area contributed by atoms with E-state index in [4.69, 9.17) is 12.2 Å². The Morgan fingerprint density at radius 3 is 2.75 bits per heavy atom. The fraction of sp³-hybridized carbons (Fsp3) is 0.250. The molecule has 4 rings (SSSR count). The Balaban J connectivity index is 1.92. The second kappa shape index (κ2) is 5.95. The van der Waals surface area contributed by atoms with Crippen LogP contribution < -0.4 is 5.32 Å². The van der Waals surface area contributed by atoms with Crippen molar-refractivity contribution in [1.29, 1.82) is 0 Å². The number of nitrogens with zero attached hydrogens (tertiary/aromatic N) is 1. The van der Waals surface area contributed by atoms with Gasteiger partial charge >= 0.3 is 0 Å². The van der Waals surface area contributed by atoms with Crippen molar-refractivity contribution in [2.24, 2.45) is 0 Å². The molecule has 0 radical (unpaired) electrons. The second-order valence-electron chi connectivity index (χ2n) is 6.38. The second-order valence-corrected chi connectivity index (χ2v) is 6.76. The first-order chi connectivity index (χ1) is 11.7. The number of hydrogen-bond donors (Lipinski definition) is 2. The van der Waals surface area contributed by atoms with Gasteiger partial charge in [-0.1, -0.05) is 42.0 Å². The number of aryl methyl sites for hydroxylation is 1. The van der Waals surface area contributed by atoms with Gasteiger partial charge in [0.2, 0.25) is 0 Å². The molecule has 0 saturated carbocycles. The van der Waals surface area contributed by atoms with Crippen molar-refractivity contribution in [3.63, 3.8) is 0 Å². The minimum Gasteiger partial charge on any atom is -0.366 e. The van der Waals surface area contributed by atoms with E-state index in [9.17, 15) is 0 Å². The molecule has 2 heterocycles. The lowest BCUT2D eigenvalue weighted by Gasteiger charge is -2.37. The largest absolute Gasteiger partial charge is 0.366 e. The number of fused-ring (bicyclic) bond motifs is 3. The number of aromatic nitrogens is 1. The van der Waals surface area contributed by atoms with Crippen LogP contribution in [0, 0.1) is 6.92 Å². The third kappa shape index (κ3) is 2.38. The highest BCUT2D eigenvalue weighted by Gasteiger charge is 2.32. The van der Waals surface area contributed by atoms with Crippen LogP contribution >= 0.6 is 12.2 Å². The van der Waals surface area contributed by atoms with Gasteiger partial charge in [0.1, 0.15) is 0 Å². The van der Waals surface area contributed by atoms with Crippen LogP contribution in [0.3, 0.4) is 0 Å². The molecule has 1 atom stereocenters. The van der Waals surface area contributed by atoms with Crippen molar-refractivity contribution in [3.8, 4) is 0 Å². The molecule has 1 aromatic heterocycles. The lowest BCUT2D eigenvalue weighted by molar-refractivity contribution is 0.332. The van der Waals surface area contributed by atoms with Crippen molar-refractivity contribution >= 4 is 28.2 Å². The summed E-state index contributed by atoms with van der Waals surface area (Å²) in [6.45, 7) is 3.08. The standard InChI is InChI=1S/C20H21N3S/c1-13-8-9-17-16(12-13)15-10-11-23(20(24)21-2)19(18(15)22-17)14-6-4-3-5-7-14/h3-9,12,19,22H,10-11H2,1-2H3,(H,21,24). The van der Waals surface area contributed by atoms with Gasteiger partial charge in [0, 0.05) is 30.2 Å². The normalized spacial score (nSPS) is 16.9. The maximum absolute atomic E-state index is 5.58. The van der Waals surface area contributed by atoms with Crippen LogP contribution in [0.5, 0.6) is 0 Å². The molecule has 0 saturated heterocycles. The topological polar surface area (TPSA) is 31.1 Å². The summed E-state index contributed by atoms with van der Waals surface area (Å²) in [5, 5.41) is 5.30. The van der Waals surface area contributed by atoms with Gasteiger partial charge < -0.3 is 15.2 Å². The lowest BCUT2D eigenvalue weighted by atomic mass is 9.92. The van der Waals surface area contributed by atoms with Crippen LogP contribution in [-0.4, -0.2) is 28.6 Å². The number of hydrogen-bond acceptors (Lipinski definition) is 1. The van der Waals surface area contributed by atoms with Gasteiger partial charge in [0.15, 0.2) is 5.11 Å². The van der Waals surface area contributed by atoms with Crippen molar-refractivity contribution in [2.45, 2.75) is 19.4 Å². The number of rotatable bonds is 1. The Morgan fingerprint density at radius 1 is 1.21 bits per heavy atom. The maximum Gasteiger partial charge on any atom is 0.169 e. The van der Waals surface area contributed by atoms with E-state index in [2.05, 4.69) is 70.7 Å². The zero-order valence-electron chi connectivity index (χ0n) is 14.0.